The Morgan fingerprint density at radius 1 is 1.04 bits per heavy atom. The average molecular weight is 651 g/mol. The zero-order valence-corrected chi connectivity index (χ0v) is 29.3. The van der Waals surface area contributed by atoms with Crippen LogP contribution in [0.3, 0.4) is 0 Å². The summed E-state index contributed by atoms with van der Waals surface area (Å²) in [7, 11) is 4.00. The van der Waals surface area contributed by atoms with Crippen LogP contribution in [0.4, 0.5) is 26.0 Å². The molecule has 1 fully saturated rings. The van der Waals surface area contributed by atoms with Crippen LogP contribution >= 0.6 is 0 Å². The van der Waals surface area contributed by atoms with Crippen molar-refractivity contribution in [3.8, 4) is 11.6 Å². The van der Waals surface area contributed by atoms with Gasteiger partial charge in [-0.05, 0) is 96.7 Å². The number of hydrogen-bond donors (Lipinski definition) is 3. The molecule has 1 aliphatic rings. The van der Waals surface area contributed by atoms with Crippen molar-refractivity contribution in [1.82, 2.24) is 30.1 Å². The van der Waals surface area contributed by atoms with Crippen molar-refractivity contribution >= 4 is 28.1 Å². The Labute approximate surface area is 279 Å². The van der Waals surface area contributed by atoms with Crippen LogP contribution in [-0.4, -0.2) is 72.3 Å². The van der Waals surface area contributed by atoms with Gasteiger partial charge in [0, 0.05) is 67.9 Å². The van der Waals surface area contributed by atoms with E-state index in [2.05, 4.69) is 76.5 Å². The smallest absolute Gasteiger partial charge is 0.261 e. The van der Waals surface area contributed by atoms with Gasteiger partial charge in [-0.2, -0.15) is 9.37 Å². The van der Waals surface area contributed by atoms with Crippen LogP contribution in [0.25, 0.3) is 10.9 Å². The highest BCUT2D eigenvalue weighted by molar-refractivity contribution is 5.83. The number of nitrogens with one attached hydrogen (secondary N) is 3. The Morgan fingerprint density at radius 2 is 1.74 bits per heavy atom. The lowest BCUT2D eigenvalue weighted by molar-refractivity contribution is 0.353. The number of nitrogens with zero attached hydrogens (tertiary/aromatic N) is 5. The molecular weight excluding hydrogens is 598 g/mol. The lowest BCUT2D eigenvalue weighted by atomic mass is 10.2. The van der Waals surface area contributed by atoms with E-state index in [1.165, 1.54) is 37.6 Å². The van der Waals surface area contributed by atoms with Gasteiger partial charge < -0.3 is 35.1 Å². The molecule has 47 heavy (non-hydrogen) atoms. The number of anilines is 3. The van der Waals surface area contributed by atoms with Crippen molar-refractivity contribution in [3.63, 3.8) is 0 Å². The summed E-state index contributed by atoms with van der Waals surface area (Å²) in [4.78, 5) is 12.4. The van der Waals surface area contributed by atoms with Crippen LogP contribution in [0.5, 0.6) is 11.6 Å². The minimum absolute atomic E-state index is 0.0491. The van der Waals surface area contributed by atoms with Gasteiger partial charge in [-0.15, -0.1) is 0 Å². The van der Waals surface area contributed by atoms with Gasteiger partial charge in [0.1, 0.15) is 6.33 Å². The third kappa shape index (κ3) is 10.7. The van der Waals surface area contributed by atoms with E-state index in [1.54, 1.807) is 12.1 Å². The predicted molar refractivity (Wildman–Crippen MR) is 191 cm³/mol. The summed E-state index contributed by atoms with van der Waals surface area (Å²) in [5.74, 6) is -1.86. The van der Waals surface area contributed by atoms with Crippen LogP contribution in [0.2, 0.25) is 0 Å². The molecule has 0 bridgehead atoms. The number of hydrogen-bond acceptors (Lipinski definition) is 8. The van der Waals surface area contributed by atoms with Gasteiger partial charge in [0.2, 0.25) is 5.82 Å². The fourth-order valence-corrected chi connectivity index (χ4v) is 4.92. The van der Waals surface area contributed by atoms with Crippen molar-refractivity contribution in [3.05, 3.63) is 77.9 Å². The summed E-state index contributed by atoms with van der Waals surface area (Å²) in [5.41, 5.74) is 4.67. The van der Waals surface area contributed by atoms with Crippen LogP contribution in [0.15, 0.2) is 60.6 Å². The fraction of sp³-hybridized carbons (Fsp3) is 0.444. The van der Waals surface area contributed by atoms with E-state index in [-0.39, 0.29) is 17.4 Å². The van der Waals surface area contributed by atoms with Crippen LogP contribution in [0, 0.1) is 18.6 Å². The maximum atomic E-state index is 15.1. The SMILES string of the molecule is C/C=C(/C)NCC.CCCN(C)CC.Cc1cc2c(F)c(Oc3ncnc(Nc4ccc(N5CCNCC5)cc4)c3F)ccc2n1C. The molecule has 0 aliphatic carbocycles. The van der Waals surface area contributed by atoms with Gasteiger partial charge in [0.05, 0.1) is 5.52 Å². The van der Waals surface area contributed by atoms with E-state index in [9.17, 15) is 4.39 Å². The molecule has 5 rings (SSSR count). The molecule has 3 heterocycles. The van der Waals surface area contributed by atoms with Crippen molar-refractivity contribution in [1.29, 1.82) is 0 Å². The summed E-state index contributed by atoms with van der Waals surface area (Å²) in [6.45, 7) is 19.7. The largest absolute Gasteiger partial charge is 0.433 e. The third-order valence-corrected chi connectivity index (χ3v) is 7.98. The number of fused-ring (bicyclic) bond motifs is 1. The molecule has 256 valence electrons. The van der Waals surface area contributed by atoms with E-state index >= 15 is 4.39 Å². The minimum Gasteiger partial charge on any atom is -0.433 e. The summed E-state index contributed by atoms with van der Waals surface area (Å²) in [6, 6.07) is 12.6. The normalized spacial score (nSPS) is 13.1. The molecule has 3 N–H and O–H groups in total. The summed E-state index contributed by atoms with van der Waals surface area (Å²) in [6.07, 6.45) is 4.51. The van der Waals surface area contributed by atoms with E-state index in [0.717, 1.165) is 49.6 Å². The minimum atomic E-state index is -0.799. The van der Waals surface area contributed by atoms with Gasteiger partial charge in [-0.3, -0.25) is 0 Å². The Bertz CT molecular complexity index is 1570. The van der Waals surface area contributed by atoms with Crippen molar-refractivity contribution in [2.45, 2.75) is 48.0 Å². The molecule has 11 heteroatoms. The van der Waals surface area contributed by atoms with E-state index in [4.69, 9.17) is 4.74 Å². The molecule has 0 amide bonds. The first kappa shape index (κ1) is 37.2. The molecule has 1 saturated heterocycles. The van der Waals surface area contributed by atoms with Crippen molar-refractivity contribution in [2.24, 2.45) is 7.05 Å². The molecule has 0 atom stereocenters. The van der Waals surface area contributed by atoms with Crippen LogP contribution in [0.1, 0.15) is 46.7 Å². The number of piperazine rings is 1. The van der Waals surface area contributed by atoms with E-state index < -0.39 is 11.6 Å². The highest BCUT2D eigenvalue weighted by atomic mass is 19.1. The maximum Gasteiger partial charge on any atom is 0.261 e. The number of ether oxygens (including phenoxy) is 1. The Balaban J connectivity index is 0.000000360. The van der Waals surface area contributed by atoms with Crippen molar-refractivity contribution in [2.75, 3.05) is 63.1 Å². The van der Waals surface area contributed by atoms with Gasteiger partial charge >= 0.3 is 0 Å². The molecule has 0 saturated carbocycles. The maximum absolute atomic E-state index is 15.1. The van der Waals surface area contributed by atoms with Crippen LogP contribution in [-0.2, 0) is 7.05 Å². The topological polar surface area (TPSA) is 82.5 Å². The Kier molecular flexibility index (Phi) is 14.9. The third-order valence-electron chi connectivity index (χ3n) is 7.98. The lowest BCUT2D eigenvalue weighted by Gasteiger charge is -2.29. The molecular formula is C36H52F2N8O. The first-order valence-electron chi connectivity index (χ1n) is 16.4. The van der Waals surface area contributed by atoms with E-state index in [0.29, 0.717) is 11.1 Å². The highest BCUT2D eigenvalue weighted by Gasteiger charge is 2.18. The zero-order chi connectivity index (χ0) is 34.3. The molecule has 4 aromatic rings. The Morgan fingerprint density at radius 3 is 2.32 bits per heavy atom. The standard InChI is InChI=1S/C24H24F2N6O.C6H15N.C6H13N/c1-15-13-18-19(31(15)2)7-8-20(21(18)25)33-24-22(26)23(28-14-29-24)30-16-3-5-17(6-4-16)32-11-9-27-10-12-32;1-4-6-7(3)5-2;1-4-6(3)7-5-2/h3-8,13-14,27H,9-12H2,1-2H3,(H,28,29,30);4-6H2,1-3H3;4,7H,5H2,1-3H3/b;;6-4-. The number of benzene rings is 2. The second-order valence-corrected chi connectivity index (χ2v) is 11.4. The average Bonchev–Trinajstić information content (AvgIpc) is 3.38. The number of aryl methyl sites for hydroxylation is 2. The first-order valence-corrected chi connectivity index (χ1v) is 16.4. The van der Waals surface area contributed by atoms with Gasteiger partial charge in [0.15, 0.2) is 17.4 Å². The molecule has 2 aromatic heterocycles. The number of allylic oxidation sites excluding steroid dienone is 2. The quantitative estimate of drug-likeness (QED) is 0.164. The van der Waals surface area contributed by atoms with Gasteiger partial charge in [-0.25, -0.2) is 9.37 Å². The molecule has 0 spiro atoms. The zero-order valence-electron chi connectivity index (χ0n) is 29.3. The van der Waals surface area contributed by atoms with Gasteiger partial charge in [0.25, 0.3) is 5.88 Å². The summed E-state index contributed by atoms with van der Waals surface area (Å²) >= 11 is 0. The lowest BCUT2D eigenvalue weighted by Crippen LogP contribution is -2.43. The molecule has 2 aromatic carbocycles. The van der Waals surface area contributed by atoms with E-state index in [1.807, 2.05) is 49.7 Å². The molecule has 1 aliphatic heterocycles. The monoisotopic (exact) mass is 650 g/mol. The number of aromatic nitrogens is 3. The number of rotatable bonds is 10. The Hall–Kier alpha value is -4.22. The highest BCUT2D eigenvalue weighted by Crippen LogP contribution is 2.33. The molecule has 9 nitrogen and oxygen atoms in total. The van der Waals surface area contributed by atoms with Crippen molar-refractivity contribution < 1.29 is 13.5 Å². The number of halogens is 2. The molecule has 0 unspecified atom stereocenters. The predicted octanol–water partition coefficient (Wildman–Crippen LogP) is 7.37. The fourth-order valence-electron chi connectivity index (χ4n) is 4.92. The first-order chi connectivity index (χ1) is 22.6. The van der Waals surface area contributed by atoms with Crippen LogP contribution < -0.4 is 25.6 Å². The second-order valence-electron chi connectivity index (χ2n) is 11.4. The summed E-state index contributed by atoms with van der Waals surface area (Å²) in [5, 5.41) is 9.84. The second kappa shape index (κ2) is 18.8. The molecule has 0 radical (unpaired) electrons. The van der Waals surface area contributed by atoms with Gasteiger partial charge in [-0.1, -0.05) is 19.9 Å². The summed E-state index contributed by atoms with van der Waals surface area (Å²) < 4.78 is 37.5.